The third-order valence-electron chi connectivity index (χ3n) is 2.88. The second kappa shape index (κ2) is 5.73. The van der Waals surface area contributed by atoms with Crippen molar-refractivity contribution in [3.8, 4) is 0 Å². The molecule has 0 unspecified atom stereocenters. The zero-order valence-electron chi connectivity index (χ0n) is 9.07. The van der Waals surface area contributed by atoms with E-state index in [1.165, 1.54) is 0 Å². The third kappa shape index (κ3) is 3.90. The summed E-state index contributed by atoms with van der Waals surface area (Å²) in [5.74, 6) is -0.471. The maximum Gasteiger partial charge on any atom is 0.306 e. The first-order valence-electron chi connectivity index (χ1n) is 5.52. The molecule has 0 aromatic heterocycles. The molecule has 1 saturated carbocycles. The van der Waals surface area contributed by atoms with Gasteiger partial charge < -0.3 is 9.84 Å². The molecule has 1 aliphatic carbocycles. The zero-order chi connectivity index (χ0) is 11.3. The van der Waals surface area contributed by atoms with Crippen LogP contribution < -0.4 is 0 Å². The van der Waals surface area contributed by atoms with E-state index in [9.17, 15) is 9.59 Å². The van der Waals surface area contributed by atoms with Gasteiger partial charge in [0.1, 0.15) is 0 Å². The molecule has 0 atom stereocenters. The van der Waals surface area contributed by atoms with Gasteiger partial charge in [0.05, 0.1) is 12.5 Å². The fraction of sp³-hybridized carbons (Fsp3) is 0.818. The lowest BCUT2D eigenvalue weighted by molar-refractivity contribution is -0.147. The highest BCUT2D eigenvalue weighted by atomic mass is 16.5. The van der Waals surface area contributed by atoms with Gasteiger partial charge in [-0.15, -0.1) is 0 Å². The molecule has 0 saturated heterocycles. The van der Waals surface area contributed by atoms with Crippen molar-refractivity contribution in [2.24, 2.45) is 11.8 Å². The van der Waals surface area contributed by atoms with Gasteiger partial charge >= 0.3 is 11.9 Å². The van der Waals surface area contributed by atoms with Crippen LogP contribution >= 0.6 is 0 Å². The quantitative estimate of drug-likeness (QED) is 0.685. The van der Waals surface area contributed by atoms with E-state index in [4.69, 9.17) is 9.84 Å². The number of hydrogen-bond acceptors (Lipinski definition) is 3. The molecule has 1 fully saturated rings. The summed E-state index contributed by atoms with van der Waals surface area (Å²) in [4.78, 5) is 21.5. The average molecular weight is 214 g/mol. The molecule has 1 N–H and O–H groups in total. The Morgan fingerprint density at radius 3 is 2.60 bits per heavy atom. The van der Waals surface area contributed by atoms with E-state index in [1.807, 2.05) is 0 Å². The Hall–Kier alpha value is -1.06. The molecule has 0 amide bonds. The van der Waals surface area contributed by atoms with Crippen molar-refractivity contribution in [3.05, 3.63) is 0 Å². The van der Waals surface area contributed by atoms with Crippen LogP contribution in [0.15, 0.2) is 0 Å². The molecule has 4 heteroatoms. The van der Waals surface area contributed by atoms with Gasteiger partial charge in [0.2, 0.25) is 0 Å². The number of esters is 1. The first-order valence-corrected chi connectivity index (χ1v) is 5.52. The predicted octanol–water partition coefficient (Wildman–Crippen LogP) is 1.83. The molecule has 1 rings (SSSR count). The maximum absolute atomic E-state index is 11.0. The van der Waals surface area contributed by atoms with Gasteiger partial charge in [0, 0.05) is 6.42 Å². The number of carboxylic acids is 1. The van der Waals surface area contributed by atoms with E-state index < -0.39 is 5.97 Å². The molecule has 1 aliphatic rings. The number of carboxylic acid groups (broad SMARTS) is 1. The minimum Gasteiger partial charge on any atom is -0.481 e. The highest BCUT2D eigenvalue weighted by Crippen LogP contribution is 2.37. The predicted molar refractivity (Wildman–Crippen MR) is 54.3 cm³/mol. The standard InChI is InChI=1S/C11H18O4/c1-2-15-10(12)5-3-4-8-6-9(7-8)11(13)14/h8-9H,2-7H2,1H3,(H,13,14). The summed E-state index contributed by atoms with van der Waals surface area (Å²) in [5, 5.41) is 8.66. The Balaban J connectivity index is 1.99. The van der Waals surface area contributed by atoms with Crippen LogP contribution in [0.4, 0.5) is 0 Å². The van der Waals surface area contributed by atoms with Crippen molar-refractivity contribution in [1.82, 2.24) is 0 Å². The van der Waals surface area contributed by atoms with Crippen LogP contribution in [-0.2, 0) is 14.3 Å². The Kier molecular flexibility index (Phi) is 4.59. The van der Waals surface area contributed by atoms with E-state index in [1.54, 1.807) is 6.92 Å². The van der Waals surface area contributed by atoms with Crippen molar-refractivity contribution < 1.29 is 19.4 Å². The summed E-state index contributed by atoms with van der Waals surface area (Å²) >= 11 is 0. The number of hydrogen-bond donors (Lipinski definition) is 1. The van der Waals surface area contributed by atoms with Crippen LogP contribution in [-0.4, -0.2) is 23.7 Å². The molecular formula is C11H18O4. The molecular weight excluding hydrogens is 196 g/mol. The van der Waals surface area contributed by atoms with Gasteiger partial charge in [-0.05, 0) is 38.5 Å². The number of rotatable bonds is 6. The normalized spacial score (nSPS) is 24.3. The lowest BCUT2D eigenvalue weighted by Crippen LogP contribution is -2.30. The van der Waals surface area contributed by atoms with Crippen molar-refractivity contribution in [1.29, 1.82) is 0 Å². The Morgan fingerprint density at radius 2 is 2.07 bits per heavy atom. The number of carbonyl (C=O) groups is 2. The van der Waals surface area contributed by atoms with Crippen LogP contribution in [0.5, 0.6) is 0 Å². The Morgan fingerprint density at radius 1 is 1.40 bits per heavy atom. The Bertz CT molecular complexity index is 231. The van der Waals surface area contributed by atoms with E-state index in [0.29, 0.717) is 18.9 Å². The summed E-state index contributed by atoms with van der Waals surface area (Å²) in [6.45, 7) is 2.23. The summed E-state index contributed by atoms with van der Waals surface area (Å²) in [6.07, 6.45) is 3.77. The zero-order valence-corrected chi connectivity index (χ0v) is 9.07. The van der Waals surface area contributed by atoms with Gasteiger partial charge in [-0.1, -0.05) is 0 Å². The van der Waals surface area contributed by atoms with Crippen molar-refractivity contribution in [2.45, 2.75) is 39.0 Å². The summed E-state index contributed by atoms with van der Waals surface area (Å²) in [7, 11) is 0. The molecule has 86 valence electrons. The van der Waals surface area contributed by atoms with Crippen molar-refractivity contribution in [3.63, 3.8) is 0 Å². The van der Waals surface area contributed by atoms with Crippen LogP contribution in [0.25, 0.3) is 0 Å². The first kappa shape index (κ1) is 12.0. The third-order valence-corrected chi connectivity index (χ3v) is 2.88. The fourth-order valence-corrected chi connectivity index (χ4v) is 1.94. The van der Waals surface area contributed by atoms with Gasteiger partial charge in [-0.25, -0.2) is 0 Å². The monoisotopic (exact) mass is 214 g/mol. The summed E-state index contributed by atoms with van der Waals surface area (Å²) in [5.41, 5.74) is 0. The molecule has 0 heterocycles. The number of carbonyl (C=O) groups excluding carboxylic acids is 1. The molecule has 15 heavy (non-hydrogen) atoms. The van der Waals surface area contributed by atoms with Gasteiger partial charge in [0.25, 0.3) is 0 Å². The van der Waals surface area contributed by atoms with Crippen LogP contribution in [0.1, 0.15) is 39.0 Å². The molecule has 0 spiro atoms. The highest BCUT2D eigenvalue weighted by Gasteiger charge is 2.33. The first-order chi connectivity index (χ1) is 7.13. The van der Waals surface area contributed by atoms with Crippen molar-refractivity contribution >= 4 is 11.9 Å². The topological polar surface area (TPSA) is 63.6 Å². The second-order valence-corrected chi connectivity index (χ2v) is 4.07. The lowest BCUT2D eigenvalue weighted by Gasteiger charge is -2.32. The van der Waals surface area contributed by atoms with E-state index in [2.05, 4.69) is 0 Å². The fourth-order valence-electron chi connectivity index (χ4n) is 1.94. The van der Waals surface area contributed by atoms with E-state index in [0.717, 1.165) is 25.7 Å². The van der Waals surface area contributed by atoms with E-state index >= 15 is 0 Å². The van der Waals surface area contributed by atoms with Crippen LogP contribution in [0.3, 0.4) is 0 Å². The van der Waals surface area contributed by atoms with Gasteiger partial charge in [-0.2, -0.15) is 0 Å². The largest absolute Gasteiger partial charge is 0.481 e. The minimum absolute atomic E-state index is 0.141. The summed E-state index contributed by atoms with van der Waals surface area (Å²) < 4.78 is 4.80. The van der Waals surface area contributed by atoms with E-state index in [-0.39, 0.29) is 11.9 Å². The lowest BCUT2D eigenvalue weighted by atomic mass is 9.73. The molecule has 0 aromatic rings. The number of ether oxygens (including phenoxy) is 1. The van der Waals surface area contributed by atoms with Crippen LogP contribution in [0, 0.1) is 11.8 Å². The second-order valence-electron chi connectivity index (χ2n) is 4.07. The smallest absolute Gasteiger partial charge is 0.306 e. The molecule has 0 radical (unpaired) electrons. The van der Waals surface area contributed by atoms with Crippen LogP contribution in [0.2, 0.25) is 0 Å². The minimum atomic E-state index is -0.684. The molecule has 0 aromatic carbocycles. The highest BCUT2D eigenvalue weighted by molar-refractivity contribution is 5.71. The summed E-state index contributed by atoms with van der Waals surface area (Å²) in [6, 6.07) is 0. The number of aliphatic carboxylic acids is 1. The molecule has 4 nitrogen and oxygen atoms in total. The molecule has 0 aliphatic heterocycles. The Labute approximate surface area is 89.6 Å². The molecule has 0 bridgehead atoms. The average Bonchev–Trinajstić information content (AvgIpc) is 2.08. The van der Waals surface area contributed by atoms with Gasteiger partial charge in [-0.3, -0.25) is 9.59 Å². The van der Waals surface area contributed by atoms with Crippen molar-refractivity contribution in [2.75, 3.05) is 6.61 Å². The SMILES string of the molecule is CCOC(=O)CCCC1CC(C(=O)O)C1. The maximum atomic E-state index is 11.0. The van der Waals surface area contributed by atoms with Gasteiger partial charge in [0.15, 0.2) is 0 Å².